The van der Waals surface area contributed by atoms with Crippen LogP contribution in [0.5, 0.6) is 0 Å². The van der Waals surface area contributed by atoms with Gasteiger partial charge in [-0.3, -0.25) is 67.3 Å². The van der Waals surface area contributed by atoms with Crippen molar-refractivity contribution < 1.29 is 67.4 Å². The van der Waals surface area contributed by atoms with Crippen LogP contribution in [0.25, 0.3) is 0 Å². The number of carbonyl (C=O) groups is 13. The van der Waals surface area contributed by atoms with E-state index in [0.717, 1.165) is 5.56 Å². The average molecular weight is 1500 g/mol. The SMILES string of the molecule is CC[C@H](C)[C@H](NC(=O)[C@H](CC(C)C)NC(=O)[C@@H]1CCCN1C(=O)[C@H](CC(C)C)NC(=O)[C@@H](N)Cc1ccccc1)C(=O)N[C@@H](CC(C)C)C(=O)N[C@@H](CCCN=C(N)N)C(=O)N[C@@H](CCCCN)C(=O)N[C@H](C(=O)N[C@H](C(=O)N[C@H](C(=O)N[C@@H](C)C(=O)N[C@@H](CC(C)C)C(N)=O)[C@@H](C)O)C(C)C)[C@@H](C)CC. The van der Waals surface area contributed by atoms with Crippen LogP contribution in [0.3, 0.4) is 0 Å². The summed E-state index contributed by atoms with van der Waals surface area (Å²) in [6.07, 6.45) is 1.65. The second-order valence-electron chi connectivity index (χ2n) is 30.4. The first-order chi connectivity index (χ1) is 49.7. The first-order valence-electron chi connectivity index (χ1n) is 37.8. The van der Waals surface area contributed by atoms with Crippen molar-refractivity contribution in [3.05, 3.63) is 35.9 Å². The molecule has 1 aliphatic heterocycles. The van der Waals surface area contributed by atoms with Crippen molar-refractivity contribution in [2.24, 2.45) is 75.1 Å². The van der Waals surface area contributed by atoms with Crippen LogP contribution < -0.4 is 87.2 Å². The summed E-state index contributed by atoms with van der Waals surface area (Å²) in [5.74, 6) is -12.0. The fourth-order valence-electron chi connectivity index (χ4n) is 12.2. The Bertz CT molecular complexity index is 3060. The number of likely N-dealkylation sites (tertiary alicyclic amines) is 1. The molecule has 1 saturated heterocycles. The Morgan fingerprint density at radius 3 is 1.39 bits per heavy atom. The summed E-state index contributed by atoms with van der Waals surface area (Å²) in [7, 11) is 0. The number of aliphatic imine (C=N–C) groups is 1. The molecule has 0 radical (unpaired) electrons. The molecule has 22 N–H and O–H groups in total. The maximum atomic E-state index is 14.8. The van der Waals surface area contributed by atoms with Gasteiger partial charge in [0.25, 0.3) is 0 Å². The van der Waals surface area contributed by atoms with Gasteiger partial charge in [0.1, 0.15) is 72.5 Å². The van der Waals surface area contributed by atoms with Crippen LogP contribution in [0.2, 0.25) is 0 Å². The Labute approximate surface area is 627 Å². The van der Waals surface area contributed by atoms with Crippen LogP contribution in [0, 0.1) is 41.4 Å². The van der Waals surface area contributed by atoms with Crippen LogP contribution in [0.15, 0.2) is 35.3 Å². The highest BCUT2D eigenvalue weighted by Crippen LogP contribution is 2.23. The number of nitrogens with one attached hydrogen (secondary N) is 11. The third kappa shape index (κ3) is 32.7. The first-order valence-corrected chi connectivity index (χ1v) is 37.8. The molecule has 0 aromatic heterocycles. The molecule has 0 spiro atoms. The van der Waals surface area contributed by atoms with Crippen molar-refractivity contribution in [2.75, 3.05) is 19.6 Å². The number of hydrogen-bond donors (Lipinski definition) is 17. The van der Waals surface area contributed by atoms with E-state index in [2.05, 4.69) is 63.5 Å². The van der Waals surface area contributed by atoms with Gasteiger partial charge in [0, 0.05) is 13.1 Å². The van der Waals surface area contributed by atoms with Crippen molar-refractivity contribution >= 4 is 82.8 Å². The highest BCUT2D eigenvalue weighted by Gasteiger charge is 2.42. The molecule has 0 unspecified atom stereocenters. The van der Waals surface area contributed by atoms with E-state index in [-0.39, 0.29) is 107 Å². The summed E-state index contributed by atoms with van der Waals surface area (Å²) >= 11 is 0. The molecule has 0 saturated carbocycles. The third-order valence-electron chi connectivity index (χ3n) is 18.6. The maximum Gasteiger partial charge on any atom is 0.245 e. The fraction of sp³-hybridized carbons (Fsp3) is 0.730. The second kappa shape index (κ2) is 47.2. The molecule has 0 bridgehead atoms. The number of aliphatic hydroxyl groups excluding tert-OH is 1. The molecule has 32 nitrogen and oxygen atoms in total. The molecule has 600 valence electrons. The summed E-state index contributed by atoms with van der Waals surface area (Å²) in [5.41, 5.74) is 29.8. The largest absolute Gasteiger partial charge is 0.391 e. The highest BCUT2D eigenvalue weighted by atomic mass is 16.3. The third-order valence-corrected chi connectivity index (χ3v) is 18.6. The summed E-state index contributed by atoms with van der Waals surface area (Å²) in [6.45, 7) is 28.1. The van der Waals surface area contributed by atoms with E-state index in [0.29, 0.717) is 32.1 Å². The molecule has 32 heteroatoms. The smallest absolute Gasteiger partial charge is 0.245 e. The predicted octanol–water partition coefficient (Wildman–Crippen LogP) is -0.119. The summed E-state index contributed by atoms with van der Waals surface area (Å²) < 4.78 is 0. The van der Waals surface area contributed by atoms with E-state index in [4.69, 9.17) is 28.7 Å². The molecule has 1 fully saturated rings. The Balaban J connectivity index is 2.48. The Morgan fingerprint density at radius 1 is 0.481 bits per heavy atom. The molecule has 1 aromatic rings. The van der Waals surface area contributed by atoms with Crippen LogP contribution in [0.4, 0.5) is 0 Å². The summed E-state index contributed by atoms with van der Waals surface area (Å²) in [4.78, 5) is 189. The highest BCUT2D eigenvalue weighted by molar-refractivity contribution is 6.00. The van der Waals surface area contributed by atoms with Crippen molar-refractivity contribution in [1.29, 1.82) is 0 Å². The van der Waals surface area contributed by atoms with Gasteiger partial charge in [0.05, 0.1) is 12.1 Å². The second-order valence-corrected chi connectivity index (χ2v) is 30.4. The van der Waals surface area contributed by atoms with E-state index in [9.17, 15) is 67.4 Å². The number of nitrogens with two attached hydrogens (primary N) is 5. The van der Waals surface area contributed by atoms with Gasteiger partial charge in [0.15, 0.2) is 5.96 Å². The number of aliphatic hydroxyl groups is 1. The number of rotatable bonds is 48. The van der Waals surface area contributed by atoms with Gasteiger partial charge < -0.3 is 97.2 Å². The molecular weight excluding hydrogens is 1360 g/mol. The number of amides is 13. The van der Waals surface area contributed by atoms with Crippen molar-refractivity contribution in [1.82, 2.24) is 63.4 Å². The Hall–Kier alpha value is -8.52. The molecule has 16 atom stereocenters. The number of unbranched alkanes of at least 4 members (excludes halogenated alkanes) is 1. The minimum absolute atomic E-state index is 0.00309. The molecule has 0 aliphatic carbocycles. The Morgan fingerprint density at radius 2 is 0.896 bits per heavy atom. The number of nitrogens with zero attached hydrogens (tertiary/aromatic N) is 2. The molecule has 13 amide bonds. The van der Waals surface area contributed by atoms with E-state index in [1.807, 2.05) is 92.6 Å². The zero-order valence-corrected chi connectivity index (χ0v) is 65.6. The van der Waals surface area contributed by atoms with Crippen molar-refractivity contribution in [2.45, 2.75) is 285 Å². The Kier molecular flexibility index (Phi) is 41.7. The lowest BCUT2D eigenvalue weighted by Gasteiger charge is -2.32. The quantitative estimate of drug-likeness (QED) is 0.0230. The monoisotopic (exact) mass is 1500 g/mol. The molecule has 1 heterocycles. The lowest BCUT2D eigenvalue weighted by Crippen LogP contribution is -2.63. The topological polar surface area (TPSA) is 520 Å². The van der Waals surface area contributed by atoms with E-state index in [1.165, 1.54) is 18.7 Å². The van der Waals surface area contributed by atoms with Gasteiger partial charge in [-0.25, -0.2) is 0 Å². The first kappa shape index (κ1) is 93.6. The zero-order valence-electron chi connectivity index (χ0n) is 65.6. The van der Waals surface area contributed by atoms with Gasteiger partial charge in [0.2, 0.25) is 76.8 Å². The normalized spacial score (nSPS) is 17.2. The van der Waals surface area contributed by atoms with Crippen molar-refractivity contribution in [3.8, 4) is 0 Å². The van der Waals surface area contributed by atoms with Crippen LogP contribution in [-0.2, 0) is 68.7 Å². The minimum atomic E-state index is -1.64. The van der Waals surface area contributed by atoms with E-state index < -0.39 is 179 Å². The molecule has 106 heavy (non-hydrogen) atoms. The lowest BCUT2D eigenvalue weighted by molar-refractivity contribution is -0.142. The minimum Gasteiger partial charge on any atom is -0.391 e. The zero-order chi connectivity index (χ0) is 80.4. The number of carbonyl (C=O) groups excluding carboxylic acids is 13. The fourth-order valence-corrected chi connectivity index (χ4v) is 12.2. The molecule has 2 rings (SSSR count). The number of primary amides is 1. The van der Waals surface area contributed by atoms with Gasteiger partial charge >= 0.3 is 0 Å². The molecule has 1 aromatic carbocycles. The maximum absolute atomic E-state index is 14.8. The van der Waals surface area contributed by atoms with Gasteiger partial charge in [-0.1, -0.05) is 140 Å². The van der Waals surface area contributed by atoms with Crippen LogP contribution >= 0.6 is 0 Å². The van der Waals surface area contributed by atoms with E-state index in [1.54, 1.807) is 34.6 Å². The summed E-state index contributed by atoms with van der Waals surface area (Å²) in [5, 5.41) is 40.6. The van der Waals surface area contributed by atoms with Crippen LogP contribution in [-0.4, -0.2) is 197 Å². The van der Waals surface area contributed by atoms with Gasteiger partial charge in [-0.2, -0.15) is 0 Å². The average Bonchev–Trinajstić information content (AvgIpc) is 1.61. The van der Waals surface area contributed by atoms with Crippen LogP contribution in [0.1, 0.15) is 200 Å². The van der Waals surface area contributed by atoms with Gasteiger partial charge in [-0.15, -0.1) is 0 Å². The van der Waals surface area contributed by atoms with Gasteiger partial charge in [-0.05, 0) is 144 Å². The van der Waals surface area contributed by atoms with Crippen molar-refractivity contribution in [3.63, 3.8) is 0 Å². The predicted molar refractivity (Wildman–Crippen MR) is 405 cm³/mol. The summed E-state index contributed by atoms with van der Waals surface area (Å²) in [6, 6.07) is -6.80. The van der Waals surface area contributed by atoms with E-state index >= 15 is 0 Å². The molecule has 1 aliphatic rings. The standard InChI is InChI=1S/C74H130N18O14/c1-17-44(13)58(90-67(100)54(36-41(7)8)85-68(101)56-30-25-33-92(56)73(106)55(37-42(9)10)87-63(96)49(76)38-48-26-20-19-21-27-48)70(103)86-53(35-40(5)6)66(99)83-51(29-24-32-80-74(78)79)64(97)82-50(28-22-23-31-75)65(98)89-59(45(14)18-2)71(104)88-57(43(11)12)69(102)91-60(47(16)93)72(105)81-46(15)62(95)84-52(61(77)94)34-39(3)4/h19-21,26-27,39-47,49-60,93H,17-18,22-25,28-38,75-76H2,1-16H3,(H2,77,94)(H,81,105)(H,82,97)(H,83,99)(H,84,95)(H,85,101)(H,86,103)(H,87,96)(H,88,104)(H,89,98)(H,90,100)(H,91,102)(H4,78,79,80)/t44-,45-,46-,47+,49-,50-,51-,52-,53-,54-,55-,56-,57-,58-,59-,60-/m0/s1. The lowest BCUT2D eigenvalue weighted by atomic mass is 9.95. The number of guanidine groups is 1. The number of benzene rings is 1. The molecular formula is C74H130N18O14. The number of hydrogen-bond acceptors (Lipinski definition) is 17.